The van der Waals surface area contributed by atoms with Crippen molar-refractivity contribution in [2.24, 2.45) is 0 Å². The Bertz CT molecular complexity index is 174. The normalized spacial score (nSPS) is 14.9. The molecule has 1 amide bonds. The summed E-state index contributed by atoms with van der Waals surface area (Å²) >= 11 is 0. The van der Waals surface area contributed by atoms with E-state index in [2.05, 4.69) is 5.32 Å². The zero-order chi connectivity index (χ0) is 11.1. The van der Waals surface area contributed by atoms with Gasteiger partial charge in [-0.3, -0.25) is 4.79 Å². The second-order valence-corrected chi connectivity index (χ2v) is 3.60. The van der Waals surface area contributed by atoms with Crippen LogP contribution in [0.4, 0.5) is 0 Å². The molecule has 0 aromatic rings. The number of nitrogens with zero attached hydrogens (tertiary/aromatic N) is 1. The van der Waals surface area contributed by atoms with E-state index in [4.69, 9.17) is 4.74 Å². The number of amides is 1. The summed E-state index contributed by atoms with van der Waals surface area (Å²) in [6.45, 7) is 7.19. The SMILES string of the molecule is CCN(C)C(=O)C(C)NC(C)COC. The first-order valence-electron chi connectivity index (χ1n) is 5.02. The molecule has 2 atom stereocenters. The summed E-state index contributed by atoms with van der Waals surface area (Å²) < 4.78 is 4.98. The van der Waals surface area contributed by atoms with Crippen LogP contribution in [0.25, 0.3) is 0 Å². The van der Waals surface area contributed by atoms with Crippen LogP contribution in [0, 0.1) is 0 Å². The van der Waals surface area contributed by atoms with E-state index >= 15 is 0 Å². The molecule has 0 aliphatic carbocycles. The van der Waals surface area contributed by atoms with Crippen molar-refractivity contribution in [1.82, 2.24) is 10.2 Å². The average Bonchev–Trinajstić information content (AvgIpc) is 2.15. The summed E-state index contributed by atoms with van der Waals surface area (Å²) in [6.07, 6.45) is 0. The third-order valence-corrected chi connectivity index (χ3v) is 2.17. The minimum atomic E-state index is -0.148. The first-order valence-corrected chi connectivity index (χ1v) is 5.02. The number of likely N-dealkylation sites (N-methyl/N-ethyl adjacent to an activating group) is 1. The van der Waals surface area contributed by atoms with Crippen molar-refractivity contribution in [1.29, 1.82) is 0 Å². The van der Waals surface area contributed by atoms with Gasteiger partial charge in [-0.1, -0.05) is 0 Å². The Morgan fingerprint density at radius 1 is 1.50 bits per heavy atom. The van der Waals surface area contributed by atoms with Crippen molar-refractivity contribution in [3.05, 3.63) is 0 Å². The minimum Gasteiger partial charge on any atom is -0.383 e. The first-order chi connectivity index (χ1) is 6.52. The molecule has 0 heterocycles. The fourth-order valence-corrected chi connectivity index (χ4v) is 1.28. The van der Waals surface area contributed by atoms with Gasteiger partial charge in [-0.15, -0.1) is 0 Å². The maximum Gasteiger partial charge on any atom is 0.239 e. The fraction of sp³-hybridized carbons (Fsp3) is 0.900. The molecule has 4 nitrogen and oxygen atoms in total. The number of rotatable bonds is 6. The number of ether oxygens (including phenoxy) is 1. The van der Waals surface area contributed by atoms with E-state index in [9.17, 15) is 4.79 Å². The quantitative estimate of drug-likeness (QED) is 0.681. The van der Waals surface area contributed by atoms with Gasteiger partial charge in [0.25, 0.3) is 0 Å². The molecule has 0 saturated heterocycles. The van der Waals surface area contributed by atoms with Crippen molar-refractivity contribution in [2.45, 2.75) is 32.9 Å². The van der Waals surface area contributed by atoms with Crippen molar-refractivity contribution < 1.29 is 9.53 Å². The van der Waals surface area contributed by atoms with Gasteiger partial charge in [-0.2, -0.15) is 0 Å². The molecule has 1 N–H and O–H groups in total. The highest BCUT2D eigenvalue weighted by Crippen LogP contribution is 1.94. The topological polar surface area (TPSA) is 41.6 Å². The molecule has 14 heavy (non-hydrogen) atoms. The molecule has 4 heteroatoms. The third kappa shape index (κ3) is 4.58. The smallest absolute Gasteiger partial charge is 0.239 e. The average molecular weight is 202 g/mol. The molecule has 0 spiro atoms. The second-order valence-electron chi connectivity index (χ2n) is 3.60. The van der Waals surface area contributed by atoms with E-state index in [0.717, 1.165) is 6.54 Å². The van der Waals surface area contributed by atoms with Gasteiger partial charge in [0.1, 0.15) is 0 Å². The highest BCUT2D eigenvalue weighted by atomic mass is 16.5. The lowest BCUT2D eigenvalue weighted by Crippen LogP contribution is -2.47. The highest BCUT2D eigenvalue weighted by molar-refractivity contribution is 5.81. The van der Waals surface area contributed by atoms with Crippen LogP contribution in [0.2, 0.25) is 0 Å². The van der Waals surface area contributed by atoms with E-state index in [1.54, 1.807) is 12.0 Å². The van der Waals surface area contributed by atoms with E-state index in [0.29, 0.717) is 6.61 Å². The largest absolute Gasteiger partial charge is 0.383 e. The van der Waals surface area contributed by atoms with Gasteiger partial charge >= 0.3 is 0 Å². The lowest BCUT2D eigenvalue weighted by atomic mass is 10.2. The Balaban J connectivity index is 3.94. The van der Waals surface area contributed by atoms with E-state index in [1.165, 1.54) is 0 Å². The lowest BCUT2D eigenvalue weighted by Gasteiger charge is -2.23. The Labute approximate surface area is 86.6 Å². The van der Waals surface area contributed by atoms with Crippen molar-refractivity contribution in [3.63, 3.8) is 0 Å². The lowest BCUT2D eigenvalue weighted by molar-refractivity contribution is -0.131. The Kier molecular flexibility index (Phi) is 6.49. The van der Waals surface area contributed by atoms with E-state index in [1.807, 2.05) is 27.8 Å². The van der Waals surface area contributed by atoms with Crippen molar-refractivity contribution in [3.8, 4) is 0 Å². The third-order valence-electron chi connectivity index (χ3n) is 2.17. The van der Waals surface area contributed by atoms with Crippen LogP contribution >= 0.6 is 0 Å². The molecule has 0 aliphatic rings. The summed E-state index contributed by atoms with van der Waals surface area (Å²) in [6, 6.07) is 0.0503. The Morgan fingerprint density at radius 3 is 2.50 bits per heavy atom. The maximum atomic E-state index is 11.6. The number of carbonyl (C=O) groups is 1. The predicted molar refractivity (Wildman–Crippen MR) is 57.2 cm³/mol. The number of nitrogens with one attached hydrogen (secondary N) is 1. The Morgan fingerprint density at radius 2 is 2.07 bits per heavy atom. The maximum absolute atomic E-state index is 11.6. The summed E-state index contributed by atoms with van der Waals surface area (Å²) in [5.41, 5.74) is 0. The monoisotopic (exact) mass is 202 g/mol. The first kappa shape index (κ1) is 13.4. The Hall–Kier alpha value is -0.610. The molecule has 0 aromatic carbocycles. The van der Waals surface area contributed by atoms with Gasteiger partial charge in [0.05, 0.1) is 12.6 Å². The minimum absolute atomic E-state index is 0.121. The van der Waals surface area contributed by atoms with Gasteiger partial charge < -0.3 is 15.0 Å². The summed E-state index contributed by atoms with van der Waals surface area (Å²) in [5.74, 6) is 0.121. The zero-order valence-corrected chi connectivity index (χ0v) is 9.83. The second kappa shape index (κ2) is 6.79. The van der Waals surface area contributed by atoms with Crippen LogP contribution in [0.15, 0.2) is 0 Å². The molecule has 84 valence electrons. The molecule has 2 unspecified atom stereocenters. The molecule has 0 bridgehead atoms. The van der Waals surface area contributed by atoms with Crippen LogP contribution in [0.3, 0.4) is 0 Å². The molecule has 0 rings (SSSR count). The van der Waals surface area contributed by atoms with Crippen LogP contribution in [0.1, 0.15) is 20.8 Å². The molecule has 0 radical (unpaired) electrons. The molecule has 0 fully saturated rings. The highest BCUT2D eigenvalue weighted by Gasteiger charge is 2.17. The predicted octanol–water partition coefficient (Wildman–Crippen LogP) is 0.478. The molecule has 0 aromatic heterocycles. The molecule has 0 aliphatic heterocycles. The number of hydrogen-bond acceptors (Lipinski definition) is 3. The molecular weight excluding hydrogens is 180 g/mol. The number of carbonyl (C=O) groups excluding carboxylic acids is 1. The fourth-order valence-electron chi connectivity index (χ4n) is 1.28. The van der Waals surface area contributed by atoms with Crippen LogP contribution in [0.5, 0.6) is 0 Å². The molecular formula is C10H22N2O2. The van der Waals surface area contributed by atoms with Crippen LogP contribution < -0.4 is 5.32 Å². The number of methoxy groups -OCH3 is 1. The number of hydrogen-bond donors (Lipinski definition) is 1. The van der Waals surface area contributed by atoms with Crippen molar-refractivity contribution >= 4 is 5.91 Å². The van der Waals surface area contributed by atoms with Gasteiger partial charge in [-0.25, -0.2) is 0 Å². The summed E-state index contributed by atoms with van der Waals surface area (Å²) in [5, 5.41) is 3.18. The zero-order valence-electron chi connectivity index (χ0n) is 9.83. The van der Waals surface area contributed by atoms with Gasteiger partial charge in [0, 0.05) is 26.7 Å². The summed E-state index contributed by atoms with van der Waals surface area (Å²) in [7, 11) is 3.46. The van der Waals surface area contributed by atoms with Gasteiger partial charge in [-0.05, 0) is 20.8 Å². The van der Waals surface area contributed by atoms with Crippen LogP contribution in [-0.2, 0) is 9.53 Å². The molecule has 0 saturated carbocycles. The standard InChI is InChI=1S/C10H22N2O2/c1-6-12(4)10(13)9(3)11-8(2)7-14-5/h8-9,11H,6-7H2,1-5H3. The van der Waals surface area contributed by atoms with E-state index in [-0.39, 0.29) is 18.0 Å². The summed E-state index contributed by atoms with van der Waals surface area (Å²) in [4.78, 5) is 13.3. The van der Waals surface area contributed by atoms with Crippen LogP contribution in [-0.4, -0.2) is 50.2 Å². The van der Waals surface area contributed by atoms with E-state index < -0.39 is 0 Å². The van der Waals surface area contributed by atoms with Crippen molar-refractivity contribution in [2.75, 3.05) is 27.3 Å². The van der Waals surface area contributed by atoms with Gasteiger partial charge in [0.15, 0.2) is 0 Å². The van der Waals surface area contributed by atoms with Gasteiger partial charge in [0.2, 0.25) is 5.91 Å².